The Balaban J connectivity index is 2.09. The van der Waals surface area contributed by atoms with Crippen LogP contribution in [-0.2, 0) is 0 Å². The molecule has 0 unspecified atom stereocenters. The number of imidazole rings is 1. The minimum absolute atomic E-state index is 0.00187. The third-order valence-corrected chi connectivity index (χ3v) is 4.09. The van der Waals surface area contributed by atoms with E-state index in [1.165, 1.54) is 18.2 Å². The van der Waals surface area contributed by atoms with Crippen molar-refractivity contribution in [2.24, 2.45) is 10.9 Å². The smallest absolute Gasteiger partial charge is 0.211 e. The zero-order chi connectivity index (χ0) is 15.7. The van der Waals surface area contributed by atoms with E-state index in [9.17, 15) is 10.2 Å². The van der Waals surface area contributed by atoms with Gasteiger partial charge in [0.25, 0.3) is 0 Å². The van der Waals surface area contributed by atoms with Gasteiger partial charge >= 0.3 is 0 Å². The number of hydrogen-bond acceptors (Lipinski definition) is 7. The van der Waals surface area contributed by atoms with Crippen LogP contribution in [0.2, 0.25) is 0 Å². The topological polar surface area (TPSA) is 121 Å². The first-order valence-electron chi connectivity index (χ1n) is 6.90. The number of fused-ring (bicyclic) bond motifs is 1. The maximum absolute atomic E-state index is 9.95. The van der Waals surface area contributed by atoms with E-state index in [1.807, 2.05) is 4.57 Å². The molecule has 0 aromatic carbocycles. The largest absolute Gasteiger partial charge is 0.414 e. The lowest BCUT2D eigenvalue weighted by Gasteiger charge is -2.12. The molecular weight excluding hydrogens is 288 g/mol. The fourth-order valence-corrected chi connectivity index (χ4v) is 2.95. The van der Waals surface area contributed by atoms with E-state index >= 15 is 0 Å². The molecule has 9 nitrogen and oxygen atoms in total. The Labute approximate surface area is 125 Å². The quantitative estimate of drug-likeness (QED) is 0.700. The normalized spacial score (nSPS) is 25.5. The molecule has 3 atom stereocenters. The zero-order valence-corrected chi connectivity index (χ0v) is 12.0. The van der Waals surface area contributed by atoms with Crippen molar-refractivity contribution in [3.63, 3.8) is 0 Å². The SMILES string of the molecule is COn1cnc2c(ncn2[C@@H]2C[C@H](CO)[C@H](O)C2)c1=NC#N. The summed E-state index contributed by atoms with van der Waals surface area (Å²) in [5.74, 6) is -0.140. The van der Waals surface area contributed by atoms with Crippen LogP contribution in [0.4, 0.5) is 0 Å². The average Bonchev–Trinajstić information content (AvgIpc) is 3.11. The van der Waals surface area contributed by atoms with E-state index in [0.717, 1.165) is 0 Å². The second-order valence-electron chi connectivity index (χ2n) is 5.25. The maximum atomic E-state index is 9.95. The summed E-state index contributed by atoms with van der Waals surface area (Å²) in [5.41, 5.74) is 1.29. The van der Waals surface area contributed by atoms with Crippen molar-refractivity contribution in [2.75, 3.05) is 13.7 Å². The number of aromatic nitrogens is 4. The van der Waals surface area contributed by atoms with Crippen LogP contribution in [0.3, 0.4) is 0 Å². The van der Waals surface area contributed by atoms with Gasteiger partial charge in [0, 0.05) is 18.6 Å². The summed E-state index contributed by atoms with van der Waals surface area (Å²) >= 11 is 0. The van der Waals surface area contributed by atoms with E-state index in [0.29, 0.717) is 24.0 Å². The first kappa shape index (κ1) is 14.5. The highest BCUT2D eigenvalue weighted by Crippen LogP contribution is 2.35. The summed E-state index contributed by atoms with van der Waals surface area (Å²) in [7, 11) is 1.44. The molecule has 9 heteroatoms. The Morgan fingerprint density at radius 1 is 1.45 bits per heavy atom. The molecule has 2 aromatic rings. The lowest BCUT2D eigenvalue weighted by molar-refractivity contribution is 0.0906. The highest BCUT2D eigenvalue weighted by Gasteiger charge is 2.34. The third-order valence-electron chi connectivity index (χ3n) is 4.09. The van der Waals surface area contributed by atoms with Crippen LogP contribution >= 0.6 is 0 Å². The monoisotopic (exact) mass is 304 g/mol. The minimum atomic E-state index is -0.539. The van der Waals surface area contributed by atoms with E-state index in [2.05, 4.69) is 15.0 Å². The number of aliphatic hydroxyl groups excluding tert-OH is 2. The van der Waals surface area contributed by atoms with Crippen LogP contribution in [0.1, 0.15) is 18.9 Å². The molecule has 0 amide bonds. The molecule has 1 aliphatic carbocycles. The van der Waals surface area contributed by atoms with Gasteiger partial charge in [-0.05, 0) is 12.8 Å². The first-order valence-corrected chi connectivity index (χ1v) is 6.90. The van der Waals surface area contributed by atoms with Gasteiger partial charge in [-0.2, -0.15) is 9.99 Å². The molecule has 0 spiro atoms. The molecule has 2 heterocycles. The lowest BCUT2D eigenvalue weighted by Crippen LogP contribution is -2.26. The second-order valence-corrected chi connectivity index (χ2v) is 5.25. The molecule has 0 bridgehead atoms. The lowest BCUT2D eigenvalue weighted by atomic mass is 10.1. The summed E-state index contributed by atoms with van der Waals surface area (Å²) in [5, 5.41) is 28.0. The third kappa shape index (κ3) is 2.22. The summed E-state index contributed by atoms with van der Waals surface area (Å²) in [6, 6.07) is -0.00187. The second kappa shape index (κ2) is 5.75. The number of rotatable bonds is 3. The molecule has 1 saturated carbocycles. The van der Waals surface area contributed by atoms with Gasteiger partial charge in [0.2, 0.25) is 11.7 Å². The van der Waals surface area contributed by atoms with Gasteiger partial charge in [0.15, 0.2) is 11.2 Å². The molecular formula is C13H16N6O3. The predicted octanol–water partition coefficient (Wildman–Crippen LogP) is -1.02. The van der Waals surface area contributed by atoms with Crippen LogP contribution in [0.15, 0.2) is 17.6 Å². The van der Waals surface area contributed by atoms with Crippen LogP contribution in [0, 0.1) is 17.4 Å². The van der Waals surface area contributed by atoms with Gasteiger partial charge < -0.3 is 19.6 Å². The number of nitrogens with zero attached hydrogens (tertiary/aromatic N) is 6. The molecule has 116 valence electrons. The first-order chi connectivity index (χ1) is 10.7. The minimum Gasteiger partial charge on any atom is -0.414 e. The fourth-order valence-electron chi connectivity index (χ4n) is 2.95. The van der Waals surface area contributed by atoms with Gasteiger partial charge in [0.1, 0.15) is 13.4 Å². The van der Waals surface area contributed by atoms with E-state index in [1.54, 1.807) is 12.5 Å². The van der Waals surface area contributed by atoms with Crippen LogP contribution < -0.4 is 10.3 Å². The standard InChI is InChI=1S/C13H16N6O3/c1-22-19-7-17-12-11(13(19)15-5-14)16-6-18(12)9-2-8(4-20)10(21)3-9/h6-10,20-21H,2-4H2,1H3/t8-,9-,10-/m1/s1. The molecule has 2 N–H and O–H groups in total. The Morgan fingerprint density at radius 3 is 2.91 bits per heavy atom. The van der Waals surface area contributed by atoms with Crippen molar-refractivity contribution in [1.29, 1.82) is 5.26 Å². The van der Waals surface area contributed by atoms with Gasteiger partial charge in [0.05, 0.1) is 12.4 Å². The Kier molecular flexibility index (Phi) is 3.79. The van der Waals surface area contributed by atoms with Crippen LogP contribution in [0.5, 0.6) is 0 Å². The van der Waals surface area contributed by atoms with Crippen LogP contribution in [-0.4, -0.2) is 49.3 Å². The van der Waals surface area contributed by atoms with Gasteiger partial charge in [-0.25, -0.2) is 9.97 Å². The molecule has 1 aliphatic rings. The van der Waals surface area contributed by atoms with E-state index < -0.39 is 6.10 Å². The number of aliphatic hydroxyl groups is 2. The van der Waals surface area contributed by atoms with Crippen molar-refractivity contribution in [3.8, 4) is 6.19 Å². The fraction of sp³-hybridized carbons (Fsp3) is 0.538. The van der Waals surface area contributed by atoms with Crippen molar-refractivity contribution >= 4 is 11.2 Å². The predicted molar refractivity (Wildman–Crippen MR) is 74.1 cm³/mol. The molecule has 2 aromatic heterocycles. The van der Waals surface area contributed by atoms with E-state index in [-0.39, 0.29) is 24.1 Å². The Morgan fingerprint density at radius 2 is 2.27 bits per heavy atom. The van der Waals surface area contributed by atoms with Gasteiger partial charge in [-0.1, -0.05) is 0 Å². The van der Waals surface area contributed by atoms with Crippen molar-refractivity contribution in [3.05, 3.63) is 18.1 Å². The van der Waals surface area contributed by atoms with Crippen molar-refractivity contribution < 1.29 is 15.1 Å². The Hall–Kier alpha value is -2.44. The molecule has 3 rings (SSSR count). The van der Waals surface area contributed by atoms with Crippen molar-refractivity contribution in [2.45, 2.75) is 25.0 Å². The number of nitriles is 1. The average molecular weight is 304 g/mol. The summed E-state index contributed by atoms with van der Waals surface area (Å²) in [4.78, 5) is 17.4. The molecule has 0 aliphatic heterocycles. The van der Waals surface area contributed by atoms with E-state index in [4.69, 9.17) is 10.1 Å². The van der Waals surface area contributed by atoms with Crippen molar-refractivity contribution in [1.82, 2.24) is 19.3 Å². The number of hydrogen-bond donors (Lipinski definition) is 2. The highest BCUT2D eigenvalue weighted by molar-refractivity contribution is 5.69. The summed E-state index contributed by atoms with van der Waals surface area (Å²) in [6.07, 6.45) is 5.40. The maximum Gasteiger partial charge on any atom is 0.211 e. The zero-order valence-electron chi connectivity index (χ0n) is 12.0. The molecule has 0 radical (unpaired) electrons. The summed E-state index contributed by atoms with van der Waals surface area (Å²) in [6.45, 7) is -0.0452. The molecule has 1 fully saturated rings. The van der Waals surface area contributed by atoms with Crippen LogP contribution in [0.25, 0.3) is 11.2 Å². The molecule has 22 heavy (non-hydrogen) atoms. The van der Waals surface area contributed by atoms with Gasteiger partial charge in [-0.15, -0.1) is 4.99 Å². The molecule has 0 saturated heterocycles. The Bertz CT molecular complexity index is 789. The van der Waals surface area contributed by atoms with Gasteiger partial charge in [-0.3, -0.25) is 0 Å². The summed E-state index contributed by atoms with van der Waals surface area (Å²) < 4.78 is 3.12. The highest BCUT2D eigenvalue weighted by atomic mass is 16.6.